The number of piperidine rings is 1. The molecule has 1 aliphatic carbocycles. The fourth-order valence-electron chi connectivity index (χ4n) is 3.98. The summed E-state index contributed by atoms with van der Waals surface area (Å²) in [6.45, 7) is 5.02. The zero-order valence-electron chi connectivity index (χ0n) is 15.7. The molecule has 26 heavy (non-hydrogen) atoms. The predicted octanol–water partition coefficient (Wildman–Crippen LogP) is 2.81. The molecule has 2 atom stereocenters. The van der Waals surface area contributed by atoms with Crippen molar-refractivity contribution in [1.29, 1.82) is 0 Å². The van der Waals surface area contributed by atoms with Crippen LogP contribution in [0.3, 0.4) is 0 Å². The third-order valence-corrected chi connectivity index (χ3v) is 6.00. The summed E-state index contributed by atoms with van der Waals surface area (Å²) in [5, 5.41) is 8.02. The molecule has 5 heteroatoms. The number of hydrogen-bond donors (Lipinski definition) is 1. The number of carbonyl (C=O) groups excluding carboxylic acids is 1. The Morgan fingerprint density at radius 3 is 2.62 bits per heavy atom. The lowest BCUT2D eigenvalue weighted by Crippen LogP contribution is -2.46. The Hall–Kier alpha value is -2.14. The van der Waals surface area contributed by atoms with Crippen LogP contribution >= 0.6 is 0 Å². The van der Waals surface area contributed by atoms with Crippen molar-refractivity contribution in [2.75, 3.05) is 19.6 Å². The maximum atomic E-state index is 12.5. The smallest absolute Gasteiger partial charge is 0.274 e. The zero-order chi connectivity index (χ0) is 18.1. The molecule has 0 bridgehead atoms. The molecule has 1 saturated heterocycles. The predicted molar refractivity (Wildman–Crippen MR) is 102 cm³/mol. The third kappa shape index (κ3) is 3.68. The molecule has 5 nitrogen and oxygen atoms in total. The van der Waals surface area contributed by atoms with Crippen LogP contribution in [0.15, 0.2) is 42.6 Å². The summed E-state index contributed by atoms with van der Waals surface area (Å²) in [5.74, 6) is 0.734. The highest BCUT2D eigenvalue weighted by atomic mass is 16.2. The van der Waals surface area contributed by atoms with E-state index in [-0.39, 0.29) is 11.3 Å². The highest BCUT2D eigenvalue weighted by Gasteiger charge is 2.40. The van der Waals surface area contributed by atoms with E-state index < -0.39 is 0 Å². The van der Waals surface area contributed by atoms with Crippen molar-refractivity contribution in [3.63, 3.8) is 0 Å². The lowest BCUT2D eigenvalue weighted by atomic mass is 9.80. The lowest BCUT2D eigenvalue weighted by molar-refractivity contribution is 0.0598. The van der Waals surface area contributed by atoms with Gasteiger partial charge in [0, 0.05) is 44.8 Å². The second-order valence-corrected chi connectivity index (χ2v) is 8.22. The lowest BCUT2D eigenvalue weighted by Gasteiger charge is -2.39. The van der Waals surface area contributed by atoms with Gasteiger partial charge in [-0.05, 0) is 36.3 Å². The van der Waals surface area contributed by atoms with Crippen LogP contribution in [0.5, 0.6) is 0 Å². The summed E-state index contributed by atoms with van der Waals surface area (Å²) in [7, 11) is 1.84. The molecule has 4 rings (SSSR count). The quantitative estimate of drug-likeness (QED) is 0.900. The highest BCUT2D eigenvalue weighted by molar-refractivity contribution is 5.92. The van der Waals surface area contributed by atoms with Crippen LogP contribution in [0, 0.1) is 5.41 Å². The number of likely N-dealkylation sites (tertiary alicyclic amines) is 1. The number of aromatic nitrogens is 2. The van der Waals surface area contributed by atoms with E-state index in [0.717, 1.165) is 32.5 Å². The van der Waals surface area contributed by atoms with Gasteiger partial charge in [0.2, 0.25) is 0 Å². The van der Waals surface area contributed by atoms with E-state index in [4.69, 9.17) is 0 Å². The second-order valence-electron chi connectivity index (χ2n) is 8.22. The summed E-state index contributed by atoms with van der Waals surface area (Å²) >= 11 is 0. The molecule has 0 unspecified atom stereocenters. The molecule has 138 valence electrons. The van der Waals surface area contributed by atoms with E-state index in [0.29, 0.717) is 17.7 Å². The van der Waals surface area contributed by atoms with Crippen LogP contribution < -0.4 is 5.32 Å². The SMILES string of the molecule is Cn1ccc(C(=O)N2CCC(C)(CN[C@@H]3C[C@H]3c3ccccc3)CC2)n1. The number of carbonyl (C=O) groups is 1. The van der Waals surface area contributed by atoms with Crippen molar-refractivity contribution >= 4 is 5.91 Å². The van der Waals surface area contributed by atoms with Crippen LogP contribution in [0.4, 0.5) is 0 Å². The van der Waals surface area contributed by atoms with Crippen molar-refractivity contribution < 1.29 is 4.79 Å². The number of hydrogen-bond acceptors (Lipinski definition) is 3. The summed E-state index contributed by atoms with van der Waals surface area (Å²) in [6.07, 6.45) is 5.15. The van der Waals surface area contributed by atoms with Crippen molar-refractivity contribution in [2.45, 2.75) is 38.1 Å². The van der Waals surface area contributed by atoms with Gasteiger partial charge in [0.25, 0.3) is 5.91 Å². The van der Waals surface area contributed by atoms with Crippen LogP contribution in [-0.4, -0.2) is 46.3 Å². The zero-order valence-corrected chi connectivity index (χ0v) is 15.7. The van der Waals surface area contributed by atoms with E-state index in [1.165, 1.54) is 12.0 Å². The molecular weight excluding hydrogens is 324 g/mol. The fraction of sp³-hybridized carbons (Fsp3) is 0.524. The molecule has 2 aliphatic rings. The van der Waals surface area contributed by atoms with Crippen LogP contribution in [0.2, 0.25) is 0 Å². The first-order chi connectivity index (χ1) is 12.5. The first kappa shape index (κ1) is 17.3. The molecule has 1 aromatic heterocycles. The monoisotopic (exact) mass is 352 g/mol. The van der Waals surface area contributed by atoms with Crippen molar-refractivity contribution in [1.82, 2.24) is 20.0 Å². The van der Waals surface area contributed by atoms with Gasteiger partial charge in [-0.2, -0.15) is 5.10 Å². The first-order valence-electron chi connectivity index (χ1n) is 9.61. The van der Waals surface area contributed by atoms with Crippen molar-refractivity contribution in [3.05, 3.63) is 53.9 Å². The minimum Gasteiger partial charge on any atom is -0.337 e. The van der Waals surface area contributed by atoms with E-state index in [1.54, 1.807) is 10.7 Å². The average molecular weight is 352 g/mol. The highest BCUT2D eigenvalue weighted by Crippen LogP contribution is 2.41. The minimum absolute atomic E-state index is 0.0620. The van der Waals surface area contributed by atoms with Gasteiger partial charge in [-0.15, -0.1) is 0 Å². The Bertz CT molecular complexity index is 761. The molecule has 2 aromatic rings. The number of amides is 1. The maximum Gasteiger partial charge on any atom is 0.274 e. The summed E-state index contributed by atoms with van der Waals surface area (Å²) < 4.78 is 1.68. The van der Waals surface area contributed by atoms with E-state index in [2.05, 4.69) is 47.7 Å². The number of nitrogens with zero attached hydrogens (tertiary/aromatic N) is 3. The Balaban J connectivity index is 1.25. The number of aryl methyl sites for hydroxylation is 1. The number of benzene rings is 1. The van der Waals surface area contributed by atoms with Gasteiger partial charge >= 0.3 is 0 Å². The molecule has 2 heterocycles. The topological polar surface area (TPSA) is 50.2 Å². The van der Waals surface area contributed by atoms with E-state index in [1.807, 2.05) is 18.1 Å². The molecule has 0 spiro atoms. The molecular formula is C21H28N4O. The normalized spacial score (nSPS) is 24.5. The third-order valence-electron chi connectivity index (χ3n) is 6.00. The Morgan fingerprint density at radius 2 is 1.96 bits per heavy atom. The van der Waals surface area contributed by atoms with Gasteiger partial charge in [-0.3, -0.25) is 9.48 Å². The van der Waals surface area contributed by atoms with Gasteiger partial charge in [0.05, 0.1) is 0 Å². The van der Waals surface area contributed by atoms with Crippen molar-refractivity contribution in [2.24, 2.45) is 12.5 Å². The van der Waals surface area contributed by atoms with Crippen molar-refractivity contribution in [3.8, 4) is 0 Å². The first-order valence-corrected chi connectivity index (χ1v) is 9.61. The Labute approximate surface area is 155 Å². The second kappa shape index (κ2) is 6.88. The largest absolute Gasteiger partial charge is 0.337 e. The molecule has 1 N–H and O–H groups in total. The summed E-state index contributed by atoms with van der Waals surface area (Å²) in [4.78, 5) is 14.5. The van der Waals surface area contributed by atoms with Crippen LogP contribution in [0.25, 0.3) is 0 Å². The van der Waals surface area contributed by atoms with Gasteiger partial charge < -0.3 is 10.2 Å². The molecule has 1 aromatic carbocycles. The molecule has 1 amide bonds. The van der Waals surface area contributed by atoms with Gasteiger partial charge in [0.1, 0.15) is 5.69 Å². The standard InChI is InChI=1S/C21H28N4O/c1-21(15-22-19-14-17(19)16-6-4-3-5-7-16)9-12-25(13-10-21)20(26)18-8-11-24(2)23-18/h3-8,11,17,19,22H,9-10,12-15H2,1-2H3/t17-,19+/m0/s1. The number of nitrogens with one attached hydrogen (secondary N) is 1. The average Bonchev–Trinajstić information content (AvgIpc) is 3.32. The maximum absolute atomic E-state index is 12.5. The minimum atomic E-state index is 0.0620. The van der Waals surface area contributed by atoms with E-state index in [9.17, 15) is 4.79 Å². The summed E-state index contributed by atoms with van der Waals surface area (Å²) in [5.41, 5.74) is 2.27. The Morgan fingerprint density at radius 1 is 1.23 bits per heavy atom. The van der Waals surface area contributed by atoms with Gasteiger partial charge in [-0.25, -0.2) is 0 Å². The van der Waals surface area contributed by atoms with E-state index >= 15 is 0 Å². The molecule has 0 radical (unpaired) electrons. The number of rotatable bonds is 5. The fourth-order valence-corrected chi connectivity index (χ4v) is 3.98. The summed E-state index contributed by atoms with van der Waals surface area (Å²) in [6, 6.07) is 13.2. The molecule has 1 saturated carbocycles. The van der Waals surface area contributed by atoms with Gasteiger partial charge in [-0.1, -0.05) is 37.3 Å². The molecule has 1 aliphatic heterocycles. The van der Waals surface area contributed by atoms with Crippen LogP contribution in [-0.2, 0) is 7.05 Å². The molecule has 2 fully saturated rings. The van der Waals surface area contributed by atoms with Crippen LogP contribution in [0.1, 0.15) is 48.2 Å². The van der Waals surface area contributed by atoms with Gasteiger partial charge in [0.15, 0.2) is 0 Å². The Kier molecular flexibility index (Phi) is 4.57.